The van der Waals surface area contributed by atoms with Gasteiger partial charge in [-0.2, -0.15) is 0 Å². The smallest absolute Gasteiger partial charge is 0.249 e. The van der Waals surface area contributed by atoms with Gasteiger partial charge in [-0.05, 0) is 69.0 Å². The van der Waals surface area contributed by atoms with Crippen LogP contribution in [0, 0.1) is 19.8 Å². The number of likely N-dealkylation sites (tertiary alicyclic amines) is 1. The maximum absolute atomic E-state index is 14.2. The summed E-state index contributed by atoms with van der Waals surface area (Å²) in [6, 6.07) is 24.4. The van der Waals surface area contributed by atoms with E-state index in [1.54, 1.807) is 0 Å². The fraction of sp³-hybridized carbons (Fsp3) is 0.324. The molecule has 4 heterocycles. The summed E-state index contributed by atoms with van der Waals surface area (Å²) in [5, 5.41) is 3.14. The first-order chi connectivity index (χ1) is 20.8. The first kappa shape index (κ1) is 27.5. The van der Waals surface area contributed by atoms with Crippen molar-refractivity contribution in [1.29, 1.82) is 0 Å². The Morgan fingerprint density at radius 1 is 0.884 bits per heavy atom. The number of hydrogen-bond acceptors (Lipinski definition) is 4. The molecule has 0 radical (unpaired) electrons. The lowest BCUT2D eigenvalue weighted by molar-refractivity contribution is -0.135. The van der Waals surface area contributed by atoms with E-state index in [9.17, 15) is 14.4 Å². The minimum absolute atomic E-state index is 0.00960. The fourth-order valence-corrected chi connectivity index (χ4v) is 7.75. The SMILES string of the molecule is Cc1ccc(/C=C2\CN(C(=O)C[C@H]3C[C@H]4CCCN4[C@]34C(=O)Nc3ccccc34)C/C(=C\c3ccc(C)cc3)C2=O)cc1. The highest BCUT2D eigenvalue weighted by molar-refractivity contribution is 6.15. The molecule has 0 bridgehead atoms. The van der Waals surface area contributed by atoms with Crippen molar-refractivity contribution in [1.82, 2.24) is 9.80 Å². The maximum Gasteiger partial charge on any atom is 0.249 e. The number of Topliss-reactive ketones (excluding diaryl/α,β-unsaturated/α-hetero) is 1. The standard InChI is InChI=1S/C37H37N3O3/c1-24-9-13-26(14-10-24)18-28-22-39(23-29(35(28)42)19-27-15-11-25(2)12-16-27)34(41)21-30-20-31-6-5-17-40(31)37(30)32-7-3-4-8-33(32)38-36(37)43/h3-4,7-16,18-19,30-31H,5-6,17,20-23H2,1-2H3,(H,38,43)/b28-18+,29-19+/t30-,31-,37-/m1/s1. The molecule has 6 nitrogen and oxygen atoms in total. The van der Waals surface area contributed by atoms with Gasteiger partial charge < -0.3 is 10.2 Å². The summed E-state index contributed by atoms with van der Waals surface area (Å²) in [6.45, 7) is 5.45. The first-order valence-corrected chi connectivity index (χ1v) is 15.4. The van der Waals surface area contributed by atoms with Crippen LogP contribution in [-0.4, -0.2) is 53.1 Å². The molecule has 43 heavy (non-hydrogen) atoms. The number of carbonyl (C=O) groups excluding carboxylic acids is 3. The number of ketones is 1. The quantitative estimate of drug-likeness (QED) is 0.396. The summed E-state index contributed by atoms with van der Waals surface area (Å²) >= 11 is 0. The molecular weight excluding hydrogens is 534 g/mol. The third-order valence-electron chi connectivity index (χ3n) is 9.83. The number of para-hydroxylation sites is 1. The first-order valence-electron chi connectivity index (χ1n) is 15.4. The molecule has 4 aliphatic rings. The molecule has 3 aromatic rings. The van der Waals surface area contributed by atoms with Crippen LogP contribution >= 0.6 is 0 Å². The van der Waals surface area contributed by atoms with Crippen LogP contribution < -0.4 is 5.32 Å². The summed E-state index contributed by atoms with van der Waals surface area (Å²) < 4.78 is 0. The Bertz CT molecular complexity index is 1600. The van der Waals surface area contributed by atoms with Crippen LogP contribution in [0.3, 0.4) is 0 Å². The van der Waals surface area contributed by atoms with E-state index in [1.165, 1.54) is 0 Å². The summed E-state index contributed by atoms with van der Waals surface area (Å²) in [4.78, 5) is 46.0. The Kier molecular flexibility index (Phi) is 6.89. The maximum atomic E-state index is 14.2. The predicted octanol–water partition coefficient (Wildman–Crippen LogP) is 5.90. The zero-order chi connectivity index (χ0) is 29.7. The molecular formula is C37H37N3O3. The van der Waals surface area contributed by atoms with Gasteiger partial charge in [0.2, 0.25) is 11.8 Å². The lowest BCUT2D eigenvalue weighted by Crippen LogP contribution is -2.52. The topological polar surface area (TPSA) is 69.7 Å². The number of anilines is 1. The summed E-state index contributed by atoms with van der Waals surface area (Å²) in [6.07, 6.45) is 7.02. The highest BCUT2D eigenvalue weighted by Gasteiger charge is 2.63. The molecule has 0 unspecified atom stereocenters. The molecule has 3 fully saturated rings. The molecule has 6 heteroatoms. The van der Waals surface area contributed by atoms with Gasteiger partial charge in [-0.25, -0.2) is 0 Å². The van der Waals surface area contributed by atoms with E-state index in [-0.39, 0.29) is 43.0 Å². The van der Waals surface area contributed by atoms with E-state index in [0.29, 0.717) is 17.2 Å². The Hall–Kier alpha value is -4.29. The van der Waals surface area contributed by atoms with Gasteiger partial charge in [-0.15, -0.1) is 0 Å². The molecule has 4 aliphatic heterocycles. The number of carbonyl (C=O) groups is 3. The Morgan fingerprint density at radius 2 is 1.49 bits per heavy atom. The number of hydrogen-bond donors (Lipinski definition) is 1. The lowest BCUT2D eigenvalue weighted by atomic mass is 9.76. The zero-order valence-electron chi connectivity index (χ0n) is 24.8. The Balaban J connectivity index is 1.22. The summed E-state index contributed by atoms with van der Waals surface area (Å²) in [5.41, 5.74) is 6.42. The predicted molar refractivity (Wildman–Crippen MR) is 169 cm³/mol. The Morgan fingerprint density at radius 3 is 2.12 bits per heavy atom. The average molecular weight is 572 g/mol. The van der Waals surface area contributed by atoms with Gasteiger partial charge >= 0.3 is 0 Å². The monoisotopic (exact) mass is 571 g/mol. The second-order valence-corrected chi connectivity index (χ2v) is 12.6. The average Bonchev–Trinajstić information content (AvgIpc) is 3.66. The lowest BCUT2D eigenvalue weighted by Gasteiger charge is -2.38. The molecule has 0 aliphatic carbocycles. The van der Waals surface area contributed by atoms with Crippen LogP contribution in [0.2, 0.25) is 0 Å². The van der Waals surface area contributed by atoms with E-state index in [4.69, 9.17) is 0 Å². The molecule has 7 rings (SSSR count). The fourth-order valence-electron chi connectivity index (χ4n) is 7.75. The normalized spacial score (nSPS) is 26.8. The molecule has 3 aromatic carbocycles. The van der Waals surface area contributed by atoms with Crippen LogP contribution in [-0.2, 0) is 19.9 Å². The van der Waals surface area contributed by atoms with E-state index in [2.05, 4.69) is 16.3 Å². The van der Waals surface area contributed by atoms with E-state index in [0.717, 1.165) is 59.3 Å². The molecule has 0 aromatic heterocycles. The summed E-state index contributed by atoms with van der Waals surface area (Å²) in [5.74, 6) is -0.183. The number of fused-ring (bicyclic) bond motifs is 4. The van der Waals surface area contributed by atoms with Crippen LogP contribution in [0.1, 0.15) is 53.5 Å². The summed E-state index contributed by atoms with van der Waals surface area (Å²) in [7, 11) is 0. The van der Waals surface area contributed by atoms with Crippen molar-refractivity contribution in [2.24, 2.45) is 5.92 Å². The van der Waals surface area contributed by atoms with Crippen LogP contribution in [0.15, 0.2) is 83.9 Å². The third kappa shape index (κ3) is 4.74. The second-order valence-electron chi connectivity index (χ2n) is 12.6. The van der Waals surface area contributed by atoms with Crippen molar-refractivity contribution < 1.29 is 14.4 Å². The molecule has 3 atom stereocenters. The molecule has 1 N–H and O–H groups in total. The van der Waals surface area contributed by atoms with Gasteiger partial charge in [-0.1, -0.05) is 77.9 Å². The zero-order valence-corrected chi connectivity index (χ0v) is 24.8. The minimum atomic E-state index is -0.819. The second kappa shape index (κ2) is 10.8. The number of benzene rings is 3. The number of nitrogens with one attached hydrogen (secondary N) is 1. The largest absolute Gasteiger partial charge is 0.334 e. The highest BCUT2D eigenvalue weighted by Crippen LogP contribution is 2.56. The number of piperidine rings is 1. The third-order valence-corrected chi connectivity index (χ3v) is 9.83. The van der Waals surface area contributed by atoms with E-state index >= 15 is 0 Å². The molecule has 0 saturated carbocycles. The van der Waals surface area contributed by atoms with Crippen molar-refractivity contribution in [3.8, 4) is 0 Å². The van der Waals surface area contributed by atoms with E-state index in [1.807, 2.05) is 97.6 Å². The molecule has 218 valence electrons. The highest BCUT2D eigenvalue weighted by atomic mass is 16.2. The van der Waals surface area contributed by atoms with Crippen LogP contribution in [0.4, 0.5) is 5.69 Å². The van der Waals surface area contributed by atoms with Gasteiger partial charge in [0.25, 0.3) is 0 Å². The number of nitrogens with zero attached hydrogens (tertiary/aromatic N) is 2. The molecule has 1 spiro atoms. The van der Waals surface area contributed by atoms with Gasteiger partial charge in [-0.3, -0.25) is 19.3 Å². The van der Waals surface area contributed by atoms with Crippen molar-refractivity contribution in [3.63, 3.8) is 0 Å². The van der Waals surface area contributed by atoms with Crippen molar-refractivity contribution in [2.75, 3.05) is 25.0 Å². The Labute approximate surface area is 253 Å². The van der Waals surface area contributed by atoms with Crippen molar-refractivity contribution >= 4 is 35.4 Å². The minimum Gasteiger partial charge on any atom is -0.334 e. The molecule has 2 amide bonds. The molecule has 3 saturated heterocycles. The number of aryl methyl sites for hydroxylation is 2. The van der Waals surface area contributed by atoms with Crippen LogP contribution in [0.5, 0.6) is 0 Å². The number of amides is 2. The van der Waals surface area contributed by atoms with Gasteiger partial charge in [0.1, 0.15) is 5.54 Å². The van der Waals surface area contributed by atoms with Gasteiger partial charge in [0.05, 0.1) is 0 Å². The van der Waals surface area contributed by atoms with Crippen molar-refractivity contribution in [2.45, 2.75) is 51.1 Å². The van der Waals surface area contributed by atoms with Crippen LogP contribution in [0.25, 0.3) is 12.2 Å². The van der Waals surface area contributed by atoms with E-state index < -0.39 is 5.54 Å². The van der Waals surface area contributed by atoms with Crippen molar-refractivity contribution in [3.05, 3.63) is 112 Å². The van der Waals surface area contributed by atoms with Gasteiger partial charge in [0, 0.05) is 53.9 Å². The van der Waals surface area contributed by atoms with Gasteiger partial charge in [0.15, 0.2) is 5.78 Å². The number of rotatable bonds is 4.